The molecule has 3 heterocycles. The first kappa shape index (κ1) is 16.7. The lowest BCUT2D eigenvalue weighted by Gasteiger charge is -2.34. The van der Waals surface area contributed by atoms with Gasteiger partial charge in [-0.25, -0.2) is 4.79 Å². The summed E-state index contributed by atoms with van der Waals surface area (Å²) in [7, 11) is 0. The lowest BCUT2D eigenvalue weighted by molar-refractivity contribution is 0.126. The van der Waals surface area contributed by atoms with E-state index in [1.165, 1.54) is 10.4 Å². The molecule has 128 valence electrons. The molecule has 3 rings (SSSR count). The van der Waals surface area contributed by atoms with Crippen LogP contribution in [-0.2, 0) is 13.0 Å². The summed E-state index contributed by atoms with van der Waals surface area (Å²) < 4.78 is 0. The fourth-order valence-corrected chi connectivity index (χ4v) is 4.41. The Balaban J connectivity index is 1.45. The van der Waals surface area contributed by atoms with Crippen LogP contribution >= 0.6 is 11.3 Å². The van der Waals surface area contributed by atoms with Gasteiger partial charge in [-0.2, -0.15) is 0 Å². The van der Waals surface area contributed by atoms with Crippen LogP contribution in [0.1, 0.15) is 30.2 Å². The molecule has 1 aromatic heterocycles. The van der Waals surface area contributed by atoms with Gasteiger partial charge < -0.3 is 15.3 Å². The van der Waals surface area contributed by atoms with E-state index in [1.807, 2.05) is 16.2 Å². The predicted molar refractivity (Wildman–Crippen MR) is 92.7 cm³/mol. The van der Waals surface area contributed by atoms with Gasteiger partial charge in [-0.3, -0.25) is 4.90 Å². The Morgan fingerprint density at radius 1 is 1.52 bits per heavy atom. The molecule has 2 unspecified atom stereocenters. The van der Waals surface area contributed by atoms with Crippen molar-refractivity contribution in [2.45, 2.75) is 38.8 Å². The maximum absolute atomic E-state index is 12.3. The maximum atomic E-state index is 12.3. The van der Waals surface area contributed by atoms with Crippen LogP contribution in [0.25, 0.3) is 0 Å². The molecule has 2 aliphatic heterocycles. The van der Waals surface area contributed by atoms with Crippen LogP contribution in [0.4, 0.5) is 4.79 Å². The molecule has 0 saturated carbocycles. The van der Waals surface area contributed by atoms with Gasteiger partial charge in [0.2, 0.25) is 0 Å². The average Bonchev–Trinajstić information content (AvgIpc) is 3.07. The van der Waals surface area contributed by atoms with Crippen LogP contribution in [0.2, 0.25) is 0 Å². The first-order chi connectivity index (χ1) is 11.2. The number of carbonyl (C=O) groups excluding carboxylic acids is 1. The smallest absolute Gasteiger partial charge is 0.317 e. The summed E-state index contributed by atoms with van der Waals surface area (Å²) in [4.78, 5) is 18.1. The van der Waals surface area contributed by atoms with Crippen LogP contribution in [0.3, 0.4) is 0 Å². The fraction of sp³-hybridized carbons (Fsp3) is 0.706. The molecule has 5 nitrogen and oxygen atoms in total. The Kier molecular flexibility index (Phi) is 5.56. The SMILES string of the molecule is CC(CNC(=O)N1CCCC(CO)C1)N1CCc2sccc2C1. The second kappa shape index (κ2) is 7.64. The van der Waals surface area contributed by atoms with E-state index in [0.29, 0.717) is 19.1 Å². The quantitative estimate of drug-likeness (QED) is 0.882. The van der Waals surface area contributed by atoms with Gasteiger partial charge in [0.15, 0.2) is 0 Å². The molecular weight excluding hydrogens is 310 g/mol. The third kappa shape index (κ3) is 4.05. The Morgan fingerprint density at radius 3 is 3.22 bits per heavy atom. The fourth-order valence-electron chi connectivity index (χ4n) is 3.52. The molecule has 1 aromatic rings. The molecule has 0 spiro atoms. The number of rotatable bonds is 4. The molecule has 23 heavy (non-hydrogen) atoms. The zero-order valence-electron chi connectivity index (χ0n) is 13.8. The van der Waals surface area contributed by atoms with E-state index < -0.39 is 0 Å². The highest BCUT2D eigenvalue weighted by molar-refractivity contribution is 7.10. The highest BCUT2D eigenvalue weighted by atomic mass is 32.1. The van der Waals surface area contributed by atoms with Crippen LogP contribution in [0.5, 0.6) is 0 Å². The topological polar surface area (TPSA) is 55.8 Å². The molecule has 2 aliphatic rings. The van der Waals surface area contributed by atoms with Gasteiger partial charge in [-0.05, 0) is 49.1 Å². The van der Waals surface area contributed by atoms with Crippen LogP contribution in [-0.4, -0.2) is 59.8 Å². The van der Waals surface area contributed by atoms with Crippen LogP contribution < -0.4 is 5.32 Å². The van der Waals surface area contributed by atoms with Gasteiger partial charge in [0.1, 0.15) is 0 Å². The first-order valence-corrected chi connectivity index (χ1v) is 9.48. The minimum absolute atomic E-state index is 0.0169. The largest absolute Gasteiger partial charge is 0.396 e. The van der Waals surface area contributed by atoms with Crippen molar-refractivity contribution in [1.29, 1.82) is 0 Å². The van der Waals surface area contributed by atoms with E-state index in [-0.39, 0.29) is 18.6 Å². The molecule has 0 radical (unpaired) electrons. The third-order valence-electron chi connectivity index (χ3n) is 5.07. The number of hydrogen-bond acceptors (Lipinski definition) is 4. The highest BCUT2D eigenvalue weighted by Crippen LogP contribution is 2.25. The monoisotopic (exact) mass is 337 g/mol. The van der Waals surface area contributed by atoms with E-state index in [2.05, 4.69) is 28.6 Å². The van der Waals surface area contributed by atoms with Crippen LogP contribution in [0.15, 0.2) is 11.4 Å². The molecule has 6 heteroatoms. The second-order valence-corrected chi connectivity index (χ2v) is 7.76. The summed E-state index contributed by atoms with van der Waals surface area (Å²) in [6.45, 7) is 6.59. The zero-order chi connectivity index (χ0) is 16.2. The van der Waals surface area contributed by atoms with Crippen molar-refractivity contribution in [1.82, 2.24) is 15.1 Å². The van der Waals surface area contributed by atoms with Crippen molar-refractivity contribution in [3.05, 3.63) is 21.9 Å². The van der Waals surface area contributed by atoms with Gasteiger partial charge in [0, 0.05) is 50.2 Å². The van der Waals surface area contributed by atoms with Crippen molar-refractivity contribution in [2.75, 3.05) is 32.8 Å². The van der Waals surface area contributed by atoms with Gasteiger partial charge in [0.25, 0.3) is 0 Å². The summed E-state index contributed by atoms with van der Waals surface area (Å²) in [6, 6.07) is 2.58. The van der Waals surface area contributed by atoms with Crippen molar-refractivity contribution in [3.8, 4) is 0 Å². The summed E-state index contributed by atoms with van der Waals surface area (Å²) in [5.74, 6) is 0.242. The predicted octanol–water partition coefficient (Wildman–Crippen LogP) is 1.91. The molecule has 0 aromatic carbocycles. The third-order valence-corrected chi connectivity index (χ3v) is 6.10. The Hall–Kier alpha value is -1.11. The zero-order valence-corrected chi connectivity index (χ0v) is 14.6. The van der Waals surface area contributed by atoms with E-state index in [0.717, 1.165) is 38.9 Å². The first-order valence-electron chi connectivity index (χ1n) is 8.60. The molecule has 2 atom stereocenters. The summed E-state index contributed by atoms with van der Waals surface area (Å²) in [5, 5.41) is 14.5. The molecule has 0 bridgehead atoms. The van der Waals surface area contributed by atoms with Crippen molar-refractivity contribution < 1.29 is 9.90 Å². The number of hydrogen-bond donors (Lipinski definition) is 2. The number of nitrogens with zero attached hydrogens (tertiary/aromatic N) is 2. The number of aliphatic hydroxyl groups is 1. The molecule has 1 fully saturated rings. The average molecular weight is 337 g/mol. The molecule has 2 N–H and O–H groups in total. The number of piperidine rings is 1. The number of aliphatic hydroxyl groups excluding tert-OH is 1. The highest BCUT2D eigenvalue weighted by Gasteiger charge is 2.25. The minimum atomic E-state index is 0.0169. The minimum Gasteiger partial charge on any atom is -0.396 e. The number of urea groups is 1. The number of amides is 2. The standard InChI is InChI=1S/C17H27N3O2S/c1-13(19-7-4-16-15(11-19)5-8-23-16)9-18-17(22)20-6-2-3-14(10-20)12-21/h5,8,13-14,21H,2-4,6-7,9-12H2,1H3,(H,18,22). The summed E-state index contributed by atoms with van der Waals surface area (Å²) in [5.41, 5.74) is 1.45. The van der Waals surface area contributed by atoms with E-state index >= 15 is 0 Å². The lowest BCUT2D eigenvalue weighted by atomic mass is 9.99. The summed E-state index contributed by atoms with van der Waals surface area (Å²) >= 11 is 1.85. The van der Waals surface area contributed by atoms with Gasteiger partial charge >= 0.3 is 6.03 Å². The second-order valence-electron chi connectivity index (χ2n) is 6.76. The van der Waals surface area contributed by atoms with Gasteiger partial charge in [-0.15, -0.1) is 11.3 Å². The normalized spacial score (nSPS) is 23.4. The maximum Gasteiger partial charge on any atom is 0.317 e. The van der Waals surface area contributed by atoms with Crippen molar-refractivity contribution in [2.24, 2.45) is 5.92 Å². The Bertz CT molecular complexity index is 534. The van der Waals surface area contributed by atoms with E-state index in [1.54, 1.807) is 0 Å². The number of thiophene rings is 1. The van der Waals surface area contributed by atoms with E-state index in [4.69, 9.17) is 0 Å². The number of carbonyl (C=O) groups is 1. The molecule has 0 aliphatic carbocycles. The molecule has 2 amide bonds. The van der Waals surface area contributed by atoms with Crippen LogP contribution in [0, 0.1) is 5.92 Å². The molecule has 1 saturated heterocycles. The Morgan fingerprint density at radius 2 is 2.39 bits per heavy atom. The van der Waals surface area contributed by atoms with E-state index in [9.17, 15) is 9.90 Å². The number of fused-ring (bicyclic) bond motifs is 1. The summed E-state index contributed by atoms with van der Waals surface area (Å²) in [6.07, 6.45) is 3.13. The van der Waals surface area contributed by atoms with Gasteiger partial charge in [0.05, 0.1) is 0 Å². The number of nitrogens with one attached hydrogen (secondary N) is 1. The number of likely N-dealkylation sites (tertiary alicyclic amines) is 1. The van der Waals surface area contributed by atoms with Crippen molar-refractivity contribution in [3.63, 3.8) is 0 Å². The van der Waals surface area contributed by atoms with Gasteiger partial charge in [-0.1, -0.05) is 0 Å². The Labute approximate surface area is 142 Å². The van der Waals surface area contributed by atoms with Crippen molar-refractivity contribution >= 4 is 17.4 Å². The molecular formula is C17H27N3O2S. The lowest BCUT2D eigenvalue weighted by Crippen LogP contribution is -2.50.